The molecule has 0 aliphatic carbocycles. The molecule has 17 aromatic rings. The lowest BCUT2D eigenvalue weighted by Crippen LogP contribution is -2.04. The summed E-state index contributed by atoms with van der Waals surface area (Å²) < 4.78 is 7.40. The maximum Gasteiger partial charge on any atom is 0.164 e. The number of aromatic nitrogens is 6. The Morgan fingerprint density at radius 2 is 0.494 bits per heavy atom. The highest BCUT2D eigenvalue weighted by atomic mass is 15.0. The second kappa shape index (κ2) is 20.6. The van der Waals surface area contributed by atoms with Crippen molar-refractivity contribution >= 4 is 65.4 Å². The zero-order chi connectivity index (χ0) is 57.4. The molecule has 0 spiro atoms. The third-order valence-electron chi connectivity index (χ3n) is 17.3. The first-order valence-corrected chi connectivity index (χ1v) is 29.6. The number of fused-ring (bicyclic) bond motifs is 9. The van der Waals surface area contributed by atoms with Crippen LogP contribution in [0.3, 0.4) is 0 Å². The molecule has 0 atom stereocenters. The summed E-state index contributed by atoms with van der Waals surface area (Å²) in [4.78, 5) is 16.0. The molecular weight excluding hydrogens is 1060 g/mol. The van der Waals surface area contributed by atoms with E-state index in [2.05, 4.69) is 293 Å². The first-order valence-electron chi connectivity index (χ1n) is 29.6. The van der Waals surface area contributed by atoms with Gasteiger partial charge in [0.15, 0.2) is 17.5 Å². The Morgan fingerprint density at radius 1 is 0.184 bits per heavy atom. The van der Waals surface area contributed by atoms with Gasteiger partial charge >= 0.3 is 0 Å². The molecule has 4 heterocycles. The van der Waals surface area contributed by atoms with Crippen molar-refractivity contribution in [1.82, 2.24) is 28.7 Å². The Bertz CT molecular complexity index is 5200. The van der Waals surface area contributed by atoms with Crippen molar-refractivity contribution in [2.24, 2.45) is 0 Å². The van der Waals surface area contributed by atoms with Gasteiger partial charge in [-0.05, 0) is 100 Å². The van der Waals surface area contributed by atoms with Gasteiger partial charge in [-0.25, -0.2) is 15.0 Å². The third-order valence-corrected chi connectivity index (χ3v) is 17.3. The SMILES string of the molecule is c1ccc(-c2ccc(-c3cc(-c4nc(-c5ccccc5)nc(-c5ccccc5)n4)cc(-c4ccc(-c5ccccc5)cc4)c3-n3c4ccc(-n5c6ccccc6c6ccccc65)cc4c4ccc(-n5c6ccccc6c6ccccc65)cc43)cc2)cc1. The van der Waals surface area contributed by atoms with E-state index in [4.69, 9.17) is 15.0 Å². The monoisotopic (exact) mass is 1110 g/mol. The van der Waals surface area contributed by atoms with E-state index in [0.717, 1.165) is 122 Å². The van der Waals surface area contributed by atoms with E-state index in [1.165, 1.54) is 21.5 Å². The molecule has 0 N–H and O–H groups in total. The summed E-state index contributed by atoms with van der Waals surface area (Å²) in [6, 6.07) is 114. The van der Waals surface area contributed by atoms with Crippen molar-refractivity contribution in [1.29, 1.82) is 0 Å². The van der Waals surface area contributed by atoms with Crippen LogP contribution in [0.4, 0.5) is 0 Å². The smallest absolute Gasteiger partial charge is 0.164 e. The van der Waals surface area contributed by atoms with Crippen LogP contribution in [-0.2, 0) is 0 Å². The molecule has 0 aliphatic heterocycles. The Hall–Kier alpha value is -11.7. The largest absolute Gasteiger partial charge is 0.309 e. The first-order chi connectivity index (χ1) is 43.1. The van der Waals surface area contributed by atoms with Gasteiger partial charge in [0.05, 0.1) is 38.8 Å². The van der Waals surface area contributed by atoms with Gasteiger partial charge in [0.1, 0.15) is 0 Å². The van der Waals surface area contributed by atoms with Crippen LogP contribution in [0, 0.1) is 0 Å². The maximum absolute atomic E-state index is 5.40. The first kappa shape index (κ1) is 49.8. The normalized spacial score (nSPS) is 11.7. The topological polar surface area (TPSA) is 53.5 Å². The van der Waals surface area contributed by atoms with Crippen molar-refractivity contribution in [3.05, 3.63) is 315 Å². The van der Waals surface area contributed by atoms with E-state index in [-0.39, 0.29) is 0 Å². The van der Waals surface area contributed by atoms with Gasteiger partial charge in [-0.2, -0.15) is 0 Å². The van der Waals surface area contributed by atoms with Crippen molar-refractivity contribution in [2.75, 3.05) is 0 Å². The maximum atomic E-state index is 5.40. The Balaban J connectivity index is 1.00. The van der Waals surface area contributed by atoms with Gasteiger partial charge in [-0.1, -0.05) is 249 Å². The zero-order valence-corrected chi connectivity index (χ0v) is 47.2. The lowest BCUT2D eigenvalue weighted by Gasteiger charge is -2.22. The number of para-hydroxylation sites is 4. The summed E-state index contributed by atoms with van der Waals surface area (Å²) in [5.41, 5.74) is 21.4. The average Bonchev–Trinajstić information content (AvgIpc) is 2.68. The molecule has 0 bridgehead atoms. The summed E-state index contributed by atoms with van der Waals surface area (Å²) in [5.74, 6) is 1.78. The van der Waals surface area contributed by atoms with E-state index in [1.807, 2.05) is 36.4 Å². The molecule has 0 fully saturated rings. The van der Waals surface area contributed by atoms with E-state index in [1.54, 1.807) is 0 Å². The fourth-order valence-corrected chi connectivity index (χ4v) is 13.2. The highest BCUT2D eigenvalue weighted by Gasteiger charge is 2.26. The van der Waals surface area contributed by atoms with E-state index < -0.39 is 0 Å². The van der Waals surface area contributed by atoms with Crippen LogP contribution < -0.4 is 0 Å². The minimum atomic E-state index is 0.574. The predicted molar refractivity (Wildman–Crippen MR) is 361 cm³/mol. The summed E-state index contributed by atoms with van der Waals surface area (Å²) in [6.07, 6.45) is 0. The Morgan fingerprint density at radius 3 is 0.920 bits per heavy atom. The number of nitrogens with zero attached hydrogens (tertiary/aromatic N) is 6. The number of benzene rings is 13. The molecule has 4 aromatic heterocycles. The molecule has 0 radical (unpaired) electrons. The number of hydrogen-bond acceptors (Lipinski definition) is 3. The minimum Gasteiger partial charge on any atom is -0.309 e. The Kier molecular flexibility index (Phi) is 11.8. The molecule has 406 valence electrons. The quantitative estimate of drug-likeness (QED) is 0.137. The van der Waals surface area contributed by atoms with Crippen LogP contribution in [0.1, 0.15) is 0 Å². The van der Waals surface area contributed by atoms with Crippen molar-refractivity contribution in [3.8, 4) is 95.7 Å². The summed E-state index contributed by atoms with van der Waals surface area (Å²) in [6.45, 7) is 0. The second-order valence-corrected chi connectivity index (χ2v) is 22.3. The van der Waals surface area contributed by atoms with Gasteiger partial charge in [-0.3, -0.25) is 0 Å². The molecule has 0 amide bonds. The summed E-state index contributed by atoms with van der Waals surface area (Å²) in [7, 11) is 0. The van der Waals surface area contributed by atoms with Crippen LogP contribution in [-0.4, -0.2) is 28.7 Å². The van der Waals surface area contributed by atoms with Gasteiger partial charge in [0.25, 0.3) is 0 Å². The van der Waals surface area contributed by atoms with Crippen LogP contribution in [0.15, 0.2) is 315 Å². The molecule has 0 saturated carbocycles. The van der Waals surface area contributed by atoms with E-state index in [9.17, 15) is 0 Å². The van der Waals surface area contributed by atoms with Gasteiger partial charge in [-0.15, -0.1) is 0 Å². The van der Waals surface area contributed by atoms with Gasteiger partial charge in [0.2, 0.25) is 0 Å². The molecular formula is C81H52N6. The van der Waals surface area contributed by atoms with Gasteiger partial charge < -0.3 is 13.7 Å². The molecule has 17 rings (SSSR count). The summed E-state index contributed by atoms with van der Waals surface area (Å²) >= 11 is 0. The summed E-state index contributed by atoms with van der Waals surface area (Å²) in [5, 5.41) is 7.15. The van der Waals surface area contributed by atoms with Crippen molar-refractivity contribution in [2.45, 2.75) is 0 Å². The molecule has 0 unspecified atom stereocenters. The van der Waals surface area contributed by atoms with Crippen LogP contribution in [0.25, 0.3) is 161 Å². The fraction of sp³-hybridized carbons (Fsp3) is 0. The second-order valence-electron chi connectivity index (χ2n) is 22.3. The van der Waals surface area contributed by atoms with Crippen LogP contribution in [0.2, 0.25) is 0 Å². The molecule has 13 aromatic carbocycles. The van der Waals surface area contributed by atoms with E-state index in [0.29, 0.717) is 17.5 Å². The third kappa shape index (κ3) is 8.45. The molecule has 0 aliphatic rings. The number of rotatable bonds is 10. The highest BCUT2D eigenvalue weighted by molar-refractivity contribution is 6.15. The number of hydrogen-bond donors (Lipinski definition) is 0. The molecule has 6 nitrogen and oxygen atoms in total. The lowest BCUT2D eigenvalue weighted by molar-refractivity contribution is 1.07. The standard InChI is InChI=1S/C81H52N6/c1-5-21-53(22-6-1)55-37-41-57(42-38-55)69-49-61(81-83-79(59-25-9-3-10-26-59)82-80(84-81)60-27-11-4-12-28-60)50-70(58-43-39-56(40-44-58)54-23-7-2-8-24-54)78(69)87-76-48-46-62(85-72-33-17-13-29-64(72)65-30-14-18-34-73(65)85)51-71(76)68-47-45-63(52-77(68)87)86-74-35-19-15-31-66(74)67-32-16-20-36-75(67)86/h1-52H. The molecule has 87 heavy (non-hydrogen) atoms. The molecule has 6 heteroatoms. The molecule has 0 saturated heterocycles. The Labute approximate surface area is 502 Å². The van der Waals surface area contributed by atoms with Crippen molar-refractivity contribution in [3.63, 3.8) is 0 Å². The lowest BCUT2D eigenvalue weighted by atomic mass is 9.91. The average molecular weight is 1110 g/mol. The van der Waals surface area contributed by atoms with Crippen LogP contribution in [0.5, 0.6) is 0 Å². The van der Waals surface area contributed by atoms with Crippen LogP contribution >= 0.6 is 0 Å². The van der Waals surface area contributed by atoms with Crippen molar-refractivity contribution < 1.29 is 0 Å². The minimum absolute atomic E-state index is 0.574. The van der Waals surface area contributed by atoms with Gasteiger partial charge in [0, 0.05) is 71.5 Å². The zero-order valence-electron chi connectivity index (χ0n) is 47.2. The predicted octanol–water partition coefficient (Wildman–Crippen LogP) is 20.8. The highest BCUT2D eigenvalue weighted by Crippen LogP contribution is 2.46. The van der Waals surface area contributed by atoms with E-state index >= 15 is 0 Å². The fourth-order valence-electron chi connectivity index (χ4n) is 13.2.